The van der Waals surface area contributed by atoms with Crippen molar-refractivity contribution in [1.29, 1.82) is 0 Å². The van der Waals surface area contributed by atoms with Crippen LogP contribution in [0.2, 0.25) is 0 Å². The lowest BCUT2D eigenvalue weighted by Crippen LogP contribution is -2.36. The van der Waals surface area contributed by atoms with Crippen LogP contribution in [0.15, 0.2) is 45.6 Å². The average Bonchev–Trinajstić information content (AvgIpc) is 2.77. The average molecular weight is 400 g/mol. The number of rotatable bonds is 5. The fourth-order valence-electron chi connectivity index (χ4n) is 3.37. The monoisotopic (exact) mass is 400 g/mol. The summed E-state index contributed by atoms with van der Waals surface area (Å²) in [7, 11) is 4.59. The molecular weight excluding hydrogens is 380 g/mol. The lowest BCUT2D eigenvalue weighted by molar-refractivity contribution is -0.0135. The molecule has 0 bridgehead atoms. The van der Waals surface area contributed by atoms with Gasteiger partial charge < -0.3 is 33.2 Å². The van der Waals surface area contributed by atoms with E-state index in [0.717, 1.165) is 0 Å². The van der Waals surface area contributed by atoms with Crippen molar-refractivity contribution in [2.45, 2.75) is 12.2 Å². The number of hydrogen-bond acceptors (Lipinski definition) is 8. The Morgan fingerprint density at radius 1 is 0.897 bits per heavy atom. The van der Waals surface area contributed by atoms with Gasteiger partial charge in [-0.15, -0.1) is 0 Å². The third-order valence-corrected chi connectivity index (χ3v) is 4.77. The van der Waals surface area contributed by atoms with Crippen LogP contribution in [0.4, 0.5) is 0 Å². The maximum atomic E-state index is 11.7. The molecule has 1 N–H and O–H groups in total. The highest BCUT2D eigenvalue weighted by Gasteiger charge is 2.37. The summed E-state index contributed by atoms with van der Waals surface area (Å²) < 4.78 is 33.6. The second kappa shape index (κ2) is 7.56. The highest BCUT2D eigenvalue weighted by atomic mass is 16.6. The topological polar surface area (TPSA) is 96.6 Å². The van der Waals surface area contributed by atoms with Crippen LogP contribution < -0.4 is 29.3 Å². The number of ether oxygens (including phenoxy) is 5. The van der Waals surface area contributed by atoms with Gasteiger partial charge in [0.1, 0.15) is 0 Å². The first-order valence-corrected chi connectivity index (χ1v) is 8.90. The van der Waals surface area contributed by atoms with E-state index in [4.69, 9.17) is 28.1 Å². The van der Waals surface area contributed by atoms with Crippen molar-refractivity contribution in [3.05, 3.63) is 52.4 Å². The molecule has 0 fully saturated rings. The first-order chi connectivity index (χ1) is 14.1. The lowest BCUT2D eigenvalue weighted by Gasteiger charge is -2.34. The van der Waals surface area contributed by atoms with Crippen LogP contribution in [0.25, 0.3) is 11.0 Å². The summed E-state index contributed by atoms with van der Waals surface area (Å²) in [6.07, 6.45) is -1.41. The molecule has 2 aromatic carbocycles. The largest absolute Gasteiger partial charge is 0.493 e. The normalized spacial score (nSPS) is 17.8. The van der Waals surface area contributed by atoms with E-state index in [9.17, 15) is 9.90 Å². The van der Waals surface area contributed by atoms with Gasteiger partial charge in [-0.1, -0.05) is 6.07 Å². The molecule has 3 aromatic rings. The first kappa shape index (κ1) is 18.9. The molecule has 2 heterocycles. The Kier molecular flexibility index (Phi) is 4.94. The fraction of sp³-hybridized carbons (Fsp3) is 0.286. The molecule has 2 atom stereocenters. The summed E-state index contributed by atoms with van der Waals surface area (Å²) in [5.74, 6) is 2.02. The van der Waals surface area contributed by atoms with Crippen LogP contribution in [0, 0.1) is 0 Å². The predicted molar refractivity (Wildman–Crippen MR) is 103 cm³/mol. The number of aliphatic hydroxyl groups excluding tert-OH is 1. The molecule has 0 aliphatic carbocycles. The van der Waals surface area contributed by atoms with Gasteiger partial charge in [-0.3, -0.25) is 0 Å². The molecule has 1 aliphatic rings. The van der Waals surface area contributed by atoms with Crippen LogP contribution in [-0.2, 0) is 0 Å². The summed E-state index contributed by atoms with van der Waals surface area (Å²) in [5.41, 5.74) is 0.428. The standard InChI is InChI=1S/C21H20O8/c1-24-13-6-4-11(8-14(13)25-2)18-16(10-22)27-21-19-12(5-7-17(23)28-19)9-15(26-3)20(21)29-18/h4-9,16,18,22H,10H2,1-3H3/t16-,18-/m1/s1. The minimum absolute atomic E-state index is 0.216. The van der Waals surface area contributed by atoms with Gasteiger partial charge in [0.2, 0.25) is 11.5 Å². The quantitative estimate of drug-likeness (QED) is 0.653. The van der Waals surface area contributed by atoms with Gasteiger partial charge in [-0.05, 0) is 24.3 Å². The van der Waals surface area contributed by atoms with Gasteiger partial charge in [0.15, 0.2) is 35.0 Å². The molecule has 0 radical (unpaired) electrons. The van der Waals surface area contributed by atoms with Crippen molar-refractivity contribution in [2.24, 2.45) is 0 Å². The summed E-state index contributed by atoms with van der Waals surface area (Å²) in [4.78, 5) is 11.7. The molecule has 1 aromatic heterocycles. The third-order valence-electron chi connectivity index (χ3n) is 4.77. The van der Waals surface area contributed by atoms with Crippen molar-refractivity contribution in [3.63, 3.8) is 0 Å². The molecule has 152 valence electrons. The van der Waals surface area contributed by atoms with Crippen molar-refractivity contribution >= 4 is 11.0 Å². The van der Waals surface area contributed by atoms with Gasteiger partial charge in [-0.2, -0.15) is 0 Å². The second-order valence-electron chi connectivity index (χ2n) is 6.40. The Balaban J connectivity index is 1.85. The molecule has 29 heavy (non-hydrogen) atoms. The van der Waals surface area contributed by atoms with Gasteiger partial charge in [0, 0.05) is 17.0 Å². The van der Waals surface area contributed by atoms with Crippen LogP contribution in [-0.4, -0.2) is 39.1 Å². The molecule has 8 nitrogen and oxygen atoms in total. The summed E-state index contributed by atoms with van der Waals surface area (Å²) in [5, 5.41) is 10.6. The van der Waals surface area contributed by atoms with Crippen LogP contribution in [0.3, 0.4) is 0 Å². The van der Waals surface area contributed by atoms with Crippen LogP contribution >= 0.6 is 0 Å². The SMILES string of the molecule is COc1ccc([C@H]2Oc3c(OC)cc4ccc(=O)oc4c3O[C@@H]2CO)cc1OC. The van der Waals surface area contributed by atoms with E-state index in [0.29, 0.717) is 33.9 Å². The Morgan fingerprint density at radius 2 is 1.66 bits per heavy atom. The van der Waals surface area contributed by atoms with Gasteiger partial charge >= 0.3 is 5.63 Å². The maximum Gasteiger partial charge on any atom is 0.336 e. The molecular formula is C21H20O8. The zero-order chi connectivity index (χ0) is 20.5. The zero-order valence-electron chi connectivity index (χ0n) is 16.1. The third kappa shape index (κ3) is 3.21. The molecule has 0 amide bonds. The van der Waals surface area contributed by atoms with E-state index in [1.165, 1.54) is 20.3 Å². The van der Waals surface area contributed by atoms with Crippen molar-refractivity contribution in [2.75, 3.05) is 27.9 Å². The smallest absolute Gasteiger partial charge is 0.336 e. The Hall–Kier alpha value is -3.39. The predicted octanol–water partition coefficient (Wildman–Crippen LogP) is 2.69. The van der Waals surface area contributed by atoms with Crippen molar-refractivity contribution < 1.29 is 33.2 Å². The van der Waals surface area contributed by atoms with Crippen LogP contribution in [0.1, 0.15) is 11.7 Å². The summed E-state index contributed by atoms with van der Waals surface area (Å²) in [6.45, 7) is -0.325. The van der Waals surface area contributed by atoms with E-state index < -0.39 is 17.8 Å². The molecule has 8 heteroatoms. The van der Waals surface area contributed by atoms with Gasteiger partial charge in [-0.25, -0.2) is 4.79 Å². The van der Waals surface area contributed by atoms with E-state index in [-0.39, 0.29) is 17.9 Å². The molecule has 0 saturated carbocycles. The molecule has 0 unspecified atom stereocenters. The molecule has 0 spiro atoms. The Bertz CT molecular complexity index is 1100. The molecule has 4 rings (SSSR count). The number of benzene rings is 2. The van der Waals surface area contributed by atoms with Crippen molar-refractivity contribution in [1.82, 2.24) is 0 Å². The number of hydrogen-bond donors (Lipinski definition) is 1. The van der Waals surface area contributed by atoms with Crippen molar-refractivity contribution in [3.8, 4) is 28.7 Å². The first-order valence-electron chi connectivity index (χ1n) is 8.90. The van der Waals surface area contributed by atoms with E-state index in [1.54, 1.807) is 37.4 Å². The minimum atomic E-state index is -0.749. The van der Waals surface area contributed by atoms with Crippen LogP contribution in [0.5, 0.6) is 28.7 Å². The maximum absolute atomic E-state index is 11.7. The van der Waals surface area contributed by atoms with E-state index in [2.05, 4.69) is 0 Å². The number of methoxy groups -OCH3 is 3. The zero-order valence-corrected chi connectivity index (χ0v) is 16.1. The number of aliphatic hydroxyl groups is 1. The molecule has 0 saturated heterocycles. The molecule has 1 aliphatic heterocycles. The Morgan fingerprint density at radius 3 is 2.34 bits per heavy atom. The summed E-state index contributed by atoms with van der Waals surface area (Å²) in [6, 6.07) is 9.93. The van der Waals surface area contributed by atoms with Gasteiger partial charge in [0.25, 0.3) is 0 Å². The highest BCUT2D eigenvalue weighted by molar-refractivity contribution is 5.88. The van der Waals surface area contributed by atoms with E-state index in [1.807, 2.05) is 0 Å². The summed E-state index contributed by atoms with van der Waals surface area (Å²) >= 11 is 0. The highest BCUT2D eigenvalue weighted by Crippen LogP contribution is 2.49. The lowest BCUT2D eigenvalue weighted by atomic mass is 10.0. The Labute approximate surface area is 166 Å². The second-order valence-corrected chi connectivity index (χ2v) is 6.40. The van der Waals surface area contributed by atoms with Gasteiger partial charge in [0.05, 0.1) is 27.9 Å². The fourth-order valence-corrected chi connectivity index (χ4v) is 3.37. The number of fused-ring (bicyclic) bond motifs is 3. The van der Waals surface area contributed by atoms with E-state index >= 15 is 0 Å². The minimum Gasteiger partial charge on any atom is -0.493 e.